The fourth-order valence-electron chi connectivity index (χ4n) is 3.05. The Morgan fingerprint density at radius 3 is 2.65 bits per heavy atom. The first kappa shape index (κ1) is 20.7. The monoisotopic (exact) mass is 435 g/mol. The van der Waals surface area contributed by atoms with Gasteiger partial charge in [0.25, 0.3) is 11.1 Å². The topological polar surface area (TPSA) is 82.8 Å². The van der Waals surface area contributed by atoms with Crippen LogP contribution >= 0.6 is 11.3 Å². The van der Waals surface area contributed by atoms with Crippen LogP contribution in [0.5, 0.6) is 11.5 Å². The van der Waals surface area contributed by atoms with E-state index in [1.54, 1.807) is 13.2 Å². The summed E-state index contributed by atoms with van der Waals surface area (Å²) in [5, 5.41) is 4.30. The van der Waals surface area contributed by atoms with Crippen LogP contribution in [0.1, 0.15) is 30.2 Å². The molecule has 0 spiro atoms. The Hall–Kier alpha value is -3.52. The Labute approximate surface area is 182 Å². The van der Waals surface area contributed by atoms with Gasteiger partial charge in [0.15, 0.2) is 0 Å². The van der Waals surface area contributed by atoms with Gasteiger partial charge in [0.1, 0.15) is 17.2 Å². The van der Waals surface area contributed by atoms with Gasteiger partial charge in [-0.05, 0) is 47.9 Å². The summed E-state index contributed by atoms with van der Waals surface area (Å²) in [4.78, 5) is 29.7. The van der Waals surface area contributed by atoms with Crippen LogP contribution in [-0.2, 0) is 6.42 Å². The summed E-state index contributed by atoms with van der Waals surface area (Å²) in [6, 6.07) is 14.9. The summed E-state index contributed by atoms with van der Waals surface area (Å²) in [7, 11) is 1.59. The van der Waals surface area contributed by atoms with Gasteiger partial charge in [0, 0.05) is 6.42 Å². The molecule has 158 valence electrons. The third kappa shape index (κ3) is 4.64. The molecule has 0 N–H and O–H groups in total. The molecule has 0 aliphatic carbocycles. The molecule has 2 aromatic heterocycles. The molecule has 2 aromatic carbocycles. The lowest BCUT2D eigenvalue weighted by molar-refractivity contribution is 0.317. The van der Waals surface area contributed by atoms with Gasteiger partial charge in [0.2, 0.25) is 4.96 Å². The second kappa shape index (κ2) is 9.09. The summed E-state index contributed by atoms with van der Waals surface area (Å²) in [6.45, 7) is 2.70. The maximum absolute atomic E-state index is 12.8. The van der Waals surface area contributed by atoms with E-state index in [4.69, 9.17) is 9.47 Å². The molecule has 0 amide bonds. The SMILES string of the molecule is CCCOc1ccc(Cc2nn3c(=O)c(=Cc4cccc(OC)c4)sc3nc2=O)cc1. The number of thiazole rings is 1. The van der Waals surface area contributed by atoms with Crippen LogP contribution in [0.15, 0.2) is 58.1 Å². The quantitative estimate of drug-likeness (QED) is 0.444. The predicted octanol–water partition coefficient (Wildman–Crippen LogP) is 2.45. The first-order valence-electron chi connectivity index (χ1n) is 9.87. The van der Waals surface area contributed by atoms with Crippen molar-refractivity contribution in [3.8, 4) is 11.5 Å². The van der Waals surface area contributed by atoms with Crippen LogP contribution in [0.4, 0.5) is 0 Å². The summed E-state index contributed by atoms with van der Waals surface area (Å²) in [5.41, 5.74) is 1.19. The van der Waals surface area contributed by atoms with Crippen LogP contribution in [0.3, 0.4) is 0 Å². The van der Waals surface area contributed by atoms with Crippen molar-refractivity contribution in [3.63, 3.8) is 0 Å². The molecule has 0 saturated carbocycles. The minimum Gasteiger partial charge on any atom is -0.497 e. The van der Waals surface area contributed by atoms with Gasteiger partial charge in [-0.15, -0.1) is 0 Å². The molecule has 8 heteroatoms. The van der Waals surface area contributed by atoms with E-state index in [0.29, 0.717) is 16.9 Å². The van der Waals surface area contributed by atoms with Crippen LogP contribution in [-0.4, -0.2) is 28.3 Å². The summed E-state index contributed by atoms with van der Waals surface area (Å²) in [6.07, 6.45) is 2.96. The number of benzene rings is 2. The van der Waals surface area contributed by atoms with Gasteiger partial charge in [0.05, 0.1) is 18.2 Å². The van der Waals surface area contributed by atoms with Crippen molar-refractivity contribution in [3.05, 3.63) is 90.6 Å². The van der Waals surface area contributed by atoms with Crippen LogP contribution < -0.4 is 25.1 Å². The lowest BCUT2D eigenvalue weighted by Crippen LogP contribution is -2.28. The van der Waals surface area contributed by atoms with E-state index >= 15 is 0 Å². The third-order valence-corrected chi connectivity index (χ3v) is 5.57. The molecule has 0 aliphatic heterocycles. The molecule has 0 aliphatic rings. The third-order valence-electron chi connectivity index (χ3n) is 4.61. The summed E-state index contributed by atoms with van der Waals surface area (Å²) >= 11 is 1.13. The highest BCUT2D eigenvalue weighted by atomic mass is 32.1. The average molecular weight is 436 g/mol. The second-order valence-electron chi connectivity index (χ2n) is 6.92. The highest BCUT2D eigenvalue weighted by Gasteiger charge is 2.12. The van der Waals surface area contributed by atoms with Gasteiger partial charge >= 0.3 is 0 Å². The number of hydrogen-bond acceptors (Lipinski definition) is 7. The zero-order valence-corrected chi connectivity index (χ0v) is 18.0. The minimum absolute atomic E-state index is 0.225. The van der Waals surface area contributed by atoms with Gasteiger partial charge in [-0.3, -0.25) is 9.59 Å². The molecule has 4 rings (SSSR count). The summed E-state index contributed by atoms with van der Waals surface area (Å²) in [5.74, 6) is 1.47. The number of nitrogens with zero attached hydrogens (tertiary/aromatic N) is 3. The molecule has 0 fully saturated rings. The molecule has 4 aromatic rings. The summed E-state index contributed by atoms with van der Waals surface area (Å²) < 4.78 is 12.4. The van der Waals surface area contributed by atoms with Crippen LogP contribution in [0, 0.1) is 0 Å². The van der Waals surface area contributed by atoms with E-state index < -0.39 is 5.56 Å². The number of ether oxygens (including phenoxy) is 2. The van der Waals surface area contributed by atoms with E-state index in [2.05, 4.69) is 10.1 Å². The standard InChI is InChI=1S/C23H21N3O4S/c1-3-11-30-17-9-7-15(8-10-17)13-19-21(27)24-23-26(25-19)22(28)20(31-23)14-16-5-4-6-18(12-16)29-2/h4-10,12,14H,3,11,13H2,1-2H3. The van der Waals surface area contributed by atoms with Crippen molar-refractivity contribution in [1.29, 1.82) is 0 Å². The van der Waals surface area contributed by atoms with Crippen LogP contribution in [0.25, 0.3) is 11.0 Å². The lowest BCUT2D eigenvalue weighted by atomic mass is 10.1. The Morgan fingerprint density at radius 1 is 1.10 bits per heavy atom. The normalized spacial score (nSPS) is 11.7. The van der Waals surface area contributed by atoms with E-state index in [1.807, 2.05) is 55.5 Å². The zero-order chi connectivity index (χ0) is 21.8. The van der Waals surface area contributed by atoms with Gasteiger partial charge in [-0.25, -0.2) is 0 Å². The van der Waals surface area contributed by atoms with Crippen molar-refractivity contribution in [1.82, 2.24) is 14.6 Å². The Balaban J connectivity index is 1.67. The fraction of sp³-hybridized carbons (Fsp3) is 0.217. The number of aromatic nitrogens is 3. The number of rotatable bonds is 7. The molecule has 0 atom stereocenters. The van der Waals surface area contributed by atoms with E-state index in [9.17, 15) is 9.59 Å². The van der Waals surface area contributed by atoms with Crippen molar-refractivity contribution < 1.29 is 9.47 Å². The van der Waals surface area contributed by atoms with E-state index in [1.165, 1.54) is 4.52 Å². The molecule has 0 saturated heterocycles. The molecular formula is C23H21N3O4S. The van der Waals surface area contributed by atoms with Gasteiger partial charge < -0.3 is 9.47 Å². The van der Waals surface area contributed by atoms with Gasteiger partial charge in [-0.1, -0.05) is 42.5 Å². The molecule has 0 radical (unpaired) electrons. The van der Waals surface area contributed by atoms with Crippen LogP contribution in [0.2, 0.25) is 0 Å². The Bertz CT molecular complexity index is 1380. The van der Waals surface area contributed by atoms with E-state index in [0.717, 1.165) is 34.6 Å². The molecule has 0 unspecified atom stereocenters. The molecule has 0 bridgehead atoms. The maximum atomic E-state index is 12.8. The van der Waals surface area contributed by atoms with Crippen molar-refractivity contribution in [2.45, 2.75) is 19.8 Å². The zero-order valence-electron chi connectivity index (χ0n) is 17.2. The Morgan fingerprint density at radius 2 is 1.90 bits per heavy atom. The largest absolute Gasteiger partial charge is 0.497 e. The molecule has 2 heterocycles. The smallest absolute Gasteiger partial charge is 0.296 e. The number of methoxy groups -OCH3 is 1. The average Bonchev–Trinajstić information content (AvgIpc) is 3.07. The highest BCUT2D eigenvalue weighted by molar-refractivity contribution is 7.15. The molecule has 7 nitrogen and oxygen atoms in total. The first-order chi connectivity index (χ1) is 15.1. The molecule has 31 heavy (non-hydrogen) atoms. The predicted molar refractivity (Wildman–Crippen MR) is 120 cm³/mol. The number of hydrogen-bond donors (Lipinski definition) is 0. The molecular weight excluding hydrogens is 414 g/mol. The minimum atomic E-state index is -0.430. The van der Waals surface area contributed by atoms with Crippen molar-refractivity contribution >= 4 is 22.4 Å². The lowest BCUT2D eigenvalue weighted by Gasteiger charge is -2.05. The Kier molecular flexibility index (Phi) is 6.08. The fourth-order valence-corrected chi connectivity index (χ4v) is 3.96. The van der Waals surface area contributed by atoms with E-state index in [-0.39, 0.29) is 22.6 Å². The second-order valence-corrected chi connectivity index (χ2v) is 7.93. The highest BCUT2D eigenvalue weighted by Crippen LogP contribution is 2.15. The first-order valence-corrected chi connectivity index (χ1v) is 10.7. The van der Waals surface area contributed by atoms with Gasteiger partial charge in [-0.2, -0.15) is 14.6 Å². The van der Waals surface area contributed by atoms with Crippen molar-refractivity contribution in [2.24, 2.45) is 0 Å². The van der Waals surface area contributed by atoms with Crippen molar-refractivity contribution in [2.75, 3.05) is 13.7 Å². The number of fused-ring (bicyclic) bond motifs is 1. The maximum Gasteiger partial charge on any atom is 0.296 e.